The molecule has 136 valence electrons. The first-order chi connectivity index (χ1) is 10.8. The van der Waals surface area contributed by atoms with E-state index in [-0.39, 0.29) is 30.3 Å². The molecule has 1 saturated heterocycles. The standard InChI is InChI=1S/C17H23F3N2O.ClH/c1-12(16(23)22-8-3-2-7-15(22)11-21)9-13-5-4-6-14(10-13)17(18,19)20;/h4-6,10,12,15H,2-3,7-9,11,21H2,1H3;1H. The first-order valence-corrected chi connectivity index (χ1v) is 7.99. The molecule has 1 aliphatic heterocycles. The number of benzene rings is 1. The highest BCUT2D eigenvalue weighted by atomic mass is 35.5. The molecule has 0 aromatic heterocycles. The lowest BCUT2D eigenvalue weighted by Gasteiger charge is -2.36. The predicted octanol–water partition coefficient (Wildman–Crippen LogP) is 3.65. The van der Waals surface area contributed by atoms with Gasteiger partial charge in [0.1, 0.15) is 0 Å². The number of carbonyl (C=O) groups is 1. The topological polar surface area (TPSA) is 46.3 Å². The Hall–Kier alpha value is -1.27. The zero-order chi connectivity index (χ0) is 17.0. The number of nitrogens with two attached hydrogens (primary N) is 1. The van der Waals surface area contributed by atoms with Crippen molar-refractivity contribution in [1.82, 2.24) is 4.90 Å². The van der Waals surface area contributed by atoms with Crippen LogP contribution in [-0.4, -0.2) is 29.9 Å². The summed E-state index contributed by atoms with van der Waals surface area (Å²) in [5, 5.41) is 0. The maximum atomic E-state index is 12.8. The van der Waals surface area contributed by atoms with Crippen molar-refractivity contribution in [3.8, 4) is 0 Å². The van der Waals surface area contributed by atoms with Gasteiger partial charge in [-0.15, -0.1) is 12.4 Å². The zero-order valence-corrected chi connectivity index (χ0v) is 14.5. The van der Waals surface area contributed by atoms with Crippen LogP contribution in [0.15, 0.2) is 24.3 Å². The van der Waals surface area contributed by atoms with Crippen molar-refractivity contribution in [2.75, 3.05) is 13.1 Å². The predicted molar refractivity (Wildman–Crippen MR) is 90.0 cm³/mol. The number of carbonyl (C=O) groups excluding carboxylic acids is 1. The summed E-state index contributed by atoms with van der Waals surface area (Å²) in [6.45, 7) is 2.89. The van der Waals surface area contributed by atoms with Gasteiger partial charge in [-0.1, -0.05) is 25.1 Å². The van der Waals surface area contributed by atoms with Gasteiger partial charge in [-0.2, -0.15) is 13.2 Å². The van der Waals surface area contributed by atoms with E-state index in [1.165, 1.54) is 6.07 Å². The molecule has 24 heavy (non-hydrogen) atoms. The van der Waals surface area contributed by atoms with Crippen LogP contribution in [0.5, 0.6) is 0 Å². The van der Waals surface area contributed by atoms with Crippen LogP contribution in [0.3, 0.4) is 0 Å². The Morgan fingerprint density at radius 3 is 2.71 bits per heavy atom. The number of amides is 1. The van der Waals surface area contributed by atoms with Crippen molar-refractivity contribution in [2.24, 2.45) is 11.7 Å². The Balaban J connectivity index is 0.00000288. The van der Waals surface area contributed by atoms with Gasteiger partial charge in [-0.3, -0.25) is 4.79 Å². The van der Waals surface area contributed by atoms with E-state index in [1.807, 2.05) is 4.90 Å². The van der Waals surface area contributed by atoms with Gasteiger partial charge in [-0.25, -0.2) is 0 Å². The Labute approximate surface area is 146 Å². The van der Waals surface area contributed by atoms with E-state index < -0.39 is 11.7 Å². The molecule has 2 rings (SSSR count). The van der Waals surface area contributed by atoms with Gasteiger partial charge >= 0.3 is 6.18 Å². The van der Waals surface area contributed by atoms with Gasteiger partial charge < -0.3 is 10.6 Å². The summed E-state index contributed by atoms with van der Waals surface area (Å²) in [5.74, 6) is -0.372. The molecule has 2 unspecified atom stereocenters. The third-order valence-corrected chi connectivity index (χ3v) is 4.40. The molecule has 0 aliphatic carbocycles. The van der Waals surface area contributed by atoms with Crippen molar-refractivity contribution in [3.63, 3.8) is 0 Å². The molecular weight excluding hydrogens is 341 g/mol. The molecule has 0 bridgehead atoms. The third-order valence-electron chi connectivity index (χ3n) is 4.40. The van der Waals surface area contributed by atoms with Crippen LogP contribution in [0, 0.1) is 5.92 Å². The van der Waals surface area contributed by atoms with Crippen molar-refractivity contribution < 1.29 is 18.0 Å². The van der Waals surface area contributed by atoms with E-state index in [0.29, 0.717) is 25.1 Å². The second-order valence-corrected chi connectivity index (χ2v) is 6.22. The highest BCUT2D eigenvalue weighted by Crippen LogP contribution is 2.30. The monoisotopic (exact) mass is 364 g/mol. The van der Waals surface area contributed by atoms with Crippen molar-refractivity contribution >= 4 is 18.3 Å². The minimum atomic E-state index is -4.36. The highest BCUT2D eigenvalue weighted by molar-refractivity contribution is 5.85. The lowest BCUT2D eigenvalue weighted by molar-refractivity contribution is -0.138. The van der Waals surface area contributed by atoms with Crippen LogP contribution >= 0.6 is 12.4 Å². The molecule has 1 aliphatic rings. The van der Waals surface area contributed by atoms with E-state index in [9.17, 15) is 18.0 Å². The van der Waals surface area contributed by atoms with Crippen LogP contribution in [0.25, 0.3) is 0 Å². The summed E-state index contributed by atoms with van der Waals surface area (Å²) in [7, 11) is 0. The van der Waals surface area contributed by atoms with Crippen LogP contribution in [0.1, 0.15) is 37.3 Å². The zero-order valence-electron chi connectivity index (χ0n) is 13.7. The van der Waals surface area contributed by atoms with E-state index in [4.69, 9.17) is 5.73 Å². The van der Waals surface area contributed by atoms with Gasteiger partial charge in [0.25, 0.3) is 0 Å². The highest BCUT2D eigenvalue weighted by Gasteiger charge is 2.31. The number of alkyl halides is 3. The van der Waals surface area contributed by atoms with Gasteiger partial charge in [0.05, 0.1) is 5.56 Å². The fourth-order valence-corrected chi connectivity index (χ4v) is 3.13. The molecule has 1 aromatic rings. The molecule has 7 heteroatoms. The van der Waals surface area contributed by atoms with E-state index in [2.05, 4.69) is 0 Å². The lowest BCUT2D eigenvalue weighted by Crippen LogP contribution is -2.49. The number of halogens is 4. The fourth-order valence-electron chi connectivity index (χ4n) is 3.13. The summed E-state index contributed by atoms with van der Waals surface area (Å²) in [5.41, 5.74) is 5.59. The number of piperidine rings is 1. The minimum absolute atomic E-state index is 0. The molecule has 0 saturated carbocycles. The van der Waals surface area contributed by atoms with Gasteiger partial charge in [0.2, 0.25) is 5.91 Å². The lowest BCUT2D eigenvalue weighted by atomic mass is 9.95. The molecule has 1 heterocycles. The maximum absolute atomic E-state index is 12.8. The average Bonchev–Trinajstić information content (AvgIpc) is 2.53. The maximum Gasteiger partial charge on any atom is 0.416 e. The minimum Gasteiger partial charge on any atom is -0.338 e. The molecule has 2 N–H and O–H groups in total. The second-order valence-electron chi connectivity index (χ2n) is 6.22. The van der Waals surface area contributed by atoms with Crippen LogP contribution < -0.4 is 5.73 Å². The van der Waals surface area contributed by atoms with E-state index >= 15 is 0 Å². The largest absolute Gasteiger partial charge is 0.416 e. The van der Waals surface area contributed by atoms with Crippen molar-refractivity contribution in [1.29, 1.82) is 0 Å². The summed E-state index contributed by atoms with van der Waals surface area (Å²) in [6.07, 6.45) is -1.14. The third kappa shape index (κ3) is 5.11. The molecule has 1 amide bonds. The second kappa shape index (κ2) is 8.72. The van der Waals surface area contributed by atoms with Gasteiger partial charge in [0.15, 0.2) is 0 Å². The number of nitrogens with zero attached hydrogens (tertiary/aromatic N) is 1. The average molecular weight is 365 g/mol. The van der Waals surface area contributed by atoms with Gasteiger partial charge in [-0.05, 0) is 37.3 Å². The van der Waals surface area contributed by atoms with Crippen molar-refractivity contribution in [2.45, 2.75) is 44.8 Å². The summed E-state index contributed by atoms with van der Waals surface area (Å²) in [6, 6.07) is 5.25. The Kier molecular flexibility index (Phi) is 7.55. The first-order valence-electron chi connectivity index (χ1n) is 7.99. The van der Waals surface area contributed by atoms with Crippen molar-refractivity contribution in [3.05, 3.63) is 35.4 Å². The Bertz CT molecular complexity index is 551. The normalized spacial score (nSPS) is 19.5. The van der Waals surface area contributed by atoms with Crippen LogP contribution in [0.2, 0.25) is 0 Å². The Morgan fingerprint density at radius 1 is 1.38 bits per heavy atom. The molecular formula is C17H24ClF3N2O. The molecule has 2 atom stereocenters. The molecule has 0 radical (unpaired) electrons. The molecule has 3 nitrogen and oxygen atoms in total. The van der Waals surface area contributed by atoms with Gasteiger partial charge in [0, 0.05) is 25.0 Å². The molecule has 0 spiro atoms. The van der Waals surface area contributed by atoms with E-state index in [1.54, 1.807) is 13.0 Å². The summed E-state index contributed by atoms with van der Waals surface area (Å²) >= 11 is 0. The summed E-state index contributed by atoms with van der Waals surface area (Å²) in [4.78, 5) is 14.4. The smallest absolute Gasteiger partial charge is 0.338 e. The fraction of sp³-hybridized carbons (Fsp3) is 0.588. The number of hydrogen-bond acceptors (Lipinski definition) is 2. The number of rotatable bonds is 4. The van der Waals surface area contributed by atoms with Crippen LogP contribution in [0.4, 0.5) is 13.2 Å². The number of likely N-dealkylation sites (tertiary alicyclic amines) is 1. The summed E-state index contributed by atoms with van der Waals surface area (Å²) < 4.78 is 38.3. The molecule has 1 aromatic carbocycles. The number of hydrogen-bond donors (Lipinski definition) is 1. The SMILES string of the molecule is CC(Cc1cccc(C(F)(F)F)c1)C(=O)N1CCCCC1CN.Cl. The quantitative estimate of drug-likeness (QED) is 0.886. The Morgan fingerprint density at radius 2 is 2.08 bits per heavy atom. The van der Waals surface area contributed by atoms with Crippen LogP contribution in [-0.2, 0) is 17.4 Å². The van der Waals surface area contributed by atoms with E-state index in [0.717, 1.165) is 31.4 Å². The first kappa shape index (κ1) is 20.8. The molecule has 1 fully saturated rings.